The van der Waals surface area contributed by atoms with Gasteiger partial charge in [-0.1, -0.05) is 60.7 Å². The monoisotopic (exact) mass is 219 g/mol. The number of nitrogens with one attached hydrogen (secondary N) is 1. The Morgan fingerprint density at radius 3 is 1.18 bits per heavy atom. The highest BCUT2D eigenvalue weighted by molar-refractivity contribution is 5.89. The smallest absolute Gasteiger partial charge is 0.0624 e. The Balaban J connectivity index is 0.000000113. The minimum absolute atomic E-state index is 1.28. The molecule has 1 nitrogen and oxygen atoms in total. The predicted octanol–water partition coefficient (Wildman–Crippen LogP) is 4.58. The summed E-state index contributed by atoms with van der Waals surface area (Å²) in [5.41, 5.74) is 2.56. The van der Waals surface area contributed by atoms with Crippen molar-refractivity contribution < 1.29 is 0 Å². The highest BCUT2D eigenvalue weighted by atomic mass is 15.0. The van der Waals surface area contributed by atoms with Gasteiger partial charge in [0, 0.05) is 0 Å². The zero-order valence-electron chi connectivity index (χ0n) is 9.43. The van der Waals surface area contributed by atoms with Gasteiger partial charge in [0.1, 0.15) is 0 Å². The fourth-order valence-electron chi connectivity index (χ4n) is 1.81. The largest absolute Gasteiger partial charge is 0.352 e. The summed E-state index contributed by atoms with van der Waals surface area (Å²) in [6, 6.07) is 24.9. The first kappa shape index (κ1) is 9.91. The van der Waals surface area contributed by atoms with E-state index in [2.05, 4.69) is 66.0 Å². The van der Waals surface area contributed by atoms with Crippen molar-refractivity contribution in [2.24, 2.45) is 0 Å². The van der Waals surface area contributed by atoms with Crippen LogP contribution in [0.4, 0.5) is 11.4 Å². The number of hydrogen-bond donors (Lipinski definition) is 1. The van der Waals surface area contributed by atoms with Gasteiger partial charge in [0.15, 0.2) is 0 Å². The third kappa shape index (κ3) is 2.28. The molecule has 3 aromatic rings. The summed E-state index contributed by atoms with van der Waals surface area (Å²) in [7, 11) is 0. The van der Waals surface area contributed by atoms with Crippen molar-refractivity contribution in [1.82, 2.24) is 0 Å². The zero-order chi connectivity index (χ0) is 11.5. The summed E-state index contributed by atoms with van der Waals surface area (Å²) in [4.78, 5) is 0. The van der Waals surface area contributed by atoms with Crippen molar-refractivity contribution in [3.8, 4) is 0 Å². The Bertz CT molecular complexity index is 557. The summed E-state index contributed by atoms with van der Waals surface area (Å²) < 4.78 is 0. The molecule has 1 aliphatic heterocycles. The SMILES string of the molecule is c1ccc2c(c1)N2.c1ccc2ccccc2c1. The third-order valence-corrected chi connectivity index (χ3v) is 2.79. The Morgan fingerprint density at radius 1 is 0.471 bits per heavy atom. The molecule has 0 atom stereocenters. The Hall–Kier alpha value is -2.28. The van der Waals surface area contributed by atoms with Crippen LogP contribution in [0.25, 0.3) is 10.8 Å². The van der Waals surface area contributed by atoms with Crippen molar-refractivity contribution in [2.75, 3.05) is 5.32 Å². The summed E-state index contributed by atoms with van der Waals surface area (Å²) in [5, 5.41) is 5.71. The first-order valence-corrected chi connectivity index (χ1v) is 5.73. The molecule has 0 spiro atoms. The summed E-state index contributed by atoms with van der Waals surface area (Å²) in [6.07, 6.45) is 0. The Kier molecular flexibility index (Phi) is 2.51. The number of benzene rings is 3. The molecule has 4 rings (SSSR count). The minimum Gasteiger partial charge on any atom is -0.352 e. The van der Waals surface area contributed by atoms with Crippen LogP contribution in [0.5, 0.6) is 0 Å². The van der Waals surface area contributed by atoms with Crippen LogP contribution in [-0.2, 0) is 0 Å². The van der Waals surface area contributed by atoms with Crippen molar-refractivity contribution >= 4 is 22.1 Å². The molecule has 0 radical (unpaired) electrons. The molecule has 0 aliphatic carbocycles. The highest BCUT2D eigenvalue weighted by Crippen LogP contribution is 2.36. The number of rotatable bonds is 0. The van der Waals surface area contributed by atoms with Gasteiger partial charge in [-0.15, -0.1) is 0 Å². The number of fused-ring (bicyclic) bond motifs is 2. The molecule has 0 saturated carbocycles. The van der Waals surface area contributed by atoms with Crippen LogP contribution in [0.3, 0.4) is 0 Å². The average molecular weight is 219 g/mol. The molecular weight excluding hydrogens is 206 g/mol. The fraction of sp³-hybridized carbons (Fsp3) is 0. The second-order valence-electron chi connectivity index (χ2n) is 4.02. The van der Waals surface area contributed by atoms with Crippen LogP contribution in [0.15, 0.2) is 72.8 Å². The maximum absolute atomic E-state index is 3.09. The second-order valence-corrected chi connectivity index (χ2v) is 4.02. The van der Waals surface area contributed by atoms with Crippen LogP contribution in [-0.4, -0.2) is 0 Å². The Labute approximate surface area is 101 Å². The lowest BCUT2D eigenvalue weighted by Crippen LogP contribution is -1.67. The molecule has 1 heterocycles. The van der Waals surface area contributed by atoms with Gasteiger partial charge in [0.2, 0.25) is 0 Å². The molecule has 0 saturated heterocycles. The predicted molar refractivity (Wildman–Crippen MR) is 73.7 cm³/mol. The molecule has 3 aromatic carbocycles. The molecule has 0 bridgehead atoms. The molecule has 0 aromatic heterocycles. The van der Waals surface area contributed by atoms with Gasteiger partial charge in [-0.05, 0) is 22.9 Å². The minimum atomic E-state index is 1.28. The lowest BCUT2D eigenvalue weighted by molar-refractivity contribution is 1.75. The van der Waals surface area contributed by atoms with Crippen LogP contribution in [0.2, 0.25) is 0 Å². The van der Waals surface area contributed by atoms with E-state index >= 15 is 0 Å². The topological polar surface area (TPSA) is 21.9 Å². The van der Waals surface area contributed by atoms with Gasteiger partial charge >= 0.3 is 0 Å². The van der Waals surface area contributed by atoms with E-state index in [-0.39, 0.29) is 0 Å². The lowest BCUT2D eigenvalue weighted by atomic mass is 10.1. The standard InChI is InChI=1S/C10H8.C6H5N/c1-2-6-10-8-4-3-7-9(10)5-1;1-2-4-6-5(3-1)7-6/h1-8H;1-4,7H. The molecule has 17 heavy (non-hydrogen) atoms. The van der Waals surface area contributed by atoms with Crippen molar-refractivity contribution in [1.29, 1.82) is 0 Å². The van der Waals surface area contributed by atoms with E-state index in [1.165, 1.54) is 22.1 Å². The van der Waals surface area contributed by atoms with E-state index in [0.29, 0.717) is 0 Å². The number of anilines is 2. The molecule has 0 amide bonds. The maximum atomic E-state index is 3.09. The summed E-state index contributed by atoms with van der Waals surface area (Å²) in [5.74, 6) is 0. The maximum Gasteiger partial charge on any atom is 0.0624 e. The first-order chi connectivity index (χ1) is 8.43. The van der Waals surface area contributed by atoms with Crippen molar-refractivity contribution in [3.63, 3.8) is 0 Å². The summed E-state index contributed by atoms with van der Waals surface area (Å²) in [6.45, 7) is 0. The lowest BCUT2D eigenvalue weighted by Gasteiger charge is -1.92. The van der Waals surface area contributed by atoms with E-state index < -0.39 is 0 Å². The highest BCUT2D eigenvalue weighted by Gasteiger charge is 2.10. The van der Waals surface area contributed by atoms with Gasteiger partial charge < -0.3 is 5.32 Å². The van der Waals surface area contributed by atoms with Crippen LogP contribution >= 0.6 is 0 Å². The van der Waals surface area contributed by atoms with E-state index in [9.17, 15) is 0 Å². The van der Waals surface area contributed by atoms with Crippen molar-refractivity contribution in [3.05, 3.63) is 72.8 Å². The van der Waals surface area contributed by atoms with Gasteiger partial charge in [0.25, 0.3) is 0 Å². The normalized spacial score (nSPS) is 10.8. The van der Waals surface area contributed by atoms with Gasteiger partial charge in [-0.25, -0.2) is 0 Å². The van der Waals surface area contributed by atoms with Gasteiger partial charge in [0.05, 0.1) is 11.4 Å². The fourth-order valence-corrected chi connectivity index (χ4v) is 1.81. The third-order valence-electron chi connectivity index (χ3n) is 2.79. The van der Waals surface area contributed by atoms with E-state index in [1.807, 2.05) is 12.1 Å². The van der Waals surface area contributed by atoms with E-state index in [1.54, 1.807) is 0 Å². The molecule has 0 fully saturated rings. The van der Waals surface area contributed by atoms with Crippen LogP contribution in [0.1, 0.15) is 0 Å². The van der Waals surface area contributed by atoms with Crippen molar-refractivity contribution in [2.45, 2.75) is 0 Å². The quantitative estimate of drug-likeness (QED) is 0.429. The number of para-hydroxylation sites is 2. The van der Waals surface area contributed by atoms with Crippen LogP contribution < -0.4 is 5.32 Å². The molecule has 1 heteroatoms. The summed E-state index contributed by atoms with van der Waals surface area (Å²) >= 11 is 0. The first-order valence-electron chi connectivity index (χ1n) is 5.73. The molecule has 0 unspecified atom stereocenters. The molecule has 82 valence electrons. The van der Waals surface area contributed by atoms with Gasteiger partial charge in [-0.3, -0.25) is 0 Å². The second kappa shape index (κ2) is 4.30. The number of hydrogen-bond acceptors (Lipinski definition) is 1. The van der Waals surface area contributed by atoms with E-state index in [4.69, 9.17) is 0 Å². The Morgan fingerprint density at radius 2 is 0.824 bits per heavy atom. The molecule has 1 N–H and O–H groups in total. The van der Waals surface area contributed by atoms with E-state index in [0.717, 1.165) is 0 Å². The zero-order valence-corrected chi connectivity index (χ0v) is 9.43. The van der Waals surface area contributed by atoms with Gasteiger partial charge in [-0.2, -0.15) is 0 Å². The molecule has 1 aliphatic rings. The average Bonchev–Trinajstić information content (AvgIpc) is 3.19. The van der Waals surface area contributed by atoms with Crippen LogP contribution in [0, 0.1) is 0 Å². The molecular formula is C16H13N.